The van der Waals surface area contributed by atoms with E-state index in [9.17, 15) is 0 Å². The Hall–Kier alpha value is 2.17. The van der Waals surface area contributed by atoms with Crippen molar-refractivity contribution in [1.82, 2.24) is 0 Å². The van der Waals surface area contributed by atoms with Gasteiger partial charge < -0.3 is 0 Å². The molecule has 0 aromatic rings. The van der Waals surface area contributed by atoms with Crippen LogP contribution < -0.4 is 0 Å². The van der Waals surface area contributed by atoms with E-state index < -0.39 is 32.3 Å². The van der Waals surface area contributed by atoms with E-state index in [0.717, 1.165) is 0 Å². The van der Waals surface area contributed by atoms with E-state index in [2.05, 4.69) is 16.2 Å². The van der Waals surface area contributed by atoms with Gasteiger partial charge in [0.25, 0.3) is 0 Å². The third-order valence-electron chi connectivity index (χ3n) is 1.83. The molecule has 0 aromatic heterocycles. The lowest BCUT2D eigenvalue weighted by Crippen LogP contribution is -2.52. The summed E-state index contributed by atoms with van der Waals surface area (Å²) >= 11 is 35.3. The third-order valence-corrected chi connectivity index (χ3v) is 5.86. The van der Waals surface area contributed by atoms with Crippen LogP contribution in [0.4, 0.5) is 0 Å². The van der Waals surface area contributed by atoms with Crippen molar-refractivity contribution in [3.8, 4) is 0 Å². The smallest absolute Gasteiger partial charge is 0.0693 e. The van der Waals surface area contributed by atoms with E-state index in [1.54, 1.807) is 0 Å². The Balaban J connectivity index is 0.000000583. The standard InChI is InChI=1S/C6H6Cl6.C2H7P/c7-1-2(8)4(10)6(12)5(11)3(1)9;1-2-3/h1-6H;2-3H2,1H3/t1-,2-,3-,4+,5+,6+;. The van der Waals surface area contributed by atoms with Crippen LogP contribution in [0.25, 0.3) is 0 Å². The van der Waals surface area contributed by atoms with Gasteiger partial charge >= 0.3 is 0 Å². The predicted octanol–water partition coefficient (Wildman–Crippen LogP) is 4.53. The Morgan fingerprint density at radius 1 is 0.667 bits per heavy atom. The van der Waals surface area contributed by atoms with Crippen LogP contribution in [-0.2, 0) is 0 Å². The molecule has 0 N–H and O–H groups in total. The quantitative estimate of drug-likeness (QED) is 0.444. The van der Waals surface area contributed by atoms with E-state index in [1.165, 1.54) is 6.16 Å². The van der Waals surface area contributed by atoms with Gasteiger partial charge in [-0.2, -0.15) is 0 Å². The number of rotatable bonds is 0. The van der Waals surface area contributed by atoms with Crippen molar-refractivity contribution in [2.45, 2.75) is 39.2 Å². The average Bonchev–Trinajstić information content (AvgIpc) is 2.22. The lowest BCUT2D eigenvalue weighted by Gasteiger charge is -2.37. The minimum absolute atomic E-state index is 0.437. The second-order valence-electron chi connectivity index (χ2n) is 3.07. The molecule has 0 bridgehead atoms. The highest BCUT2D eigenvalue weighted by molar-refractivity contribution is 7.16. The van der Waals surface area contributed by atoms with E-state index in [1.807, 2.05) is 0 Å². The molecule has 1 unspecified atom stereocenters. The maximum Gasteiger partial charge on any atom is 0.0693 e. The van der Waals surface area contributed by atoms with Crippen LogP contribution in [0.15, 0.2) is 0 Å². The van der Waals surface area contributed by atoms with Gasteiger partial charge in [-0.15, -0.1) is 78.8 Å². The number of hydrogen-bond acceptors (Lipinski definition) is 0. The fourth-order valence-corrected chi connectivity index (χ4v) is 3.38. The minimum atomic E-state index is -0.437. The largest absolute Gasteiger partial charge is 0.138 e. The highest BCUT2D eigenvalue weighted by Crippen LogP contribution is 2.39. The molecule has 0 saturated heterocycles. The van der Waals surface area contributed by atoms with Crippen LogP contribution in [-0.4, -0.2) is 38.4 Å². The van der Waals surface area contributed by atoms with Gasteiger partial charge in [0.15, 0.2) is 0 Å². The molecule has 1 atom stereocenters. The van der Waals surface area contributed by atoms with Crippen molar-refractivity contribution < 1.29 is 0 Å². The van der Waals surface area contributed by atoms with Crippen molar-refractivity contribution in [2.24, 2.45) is 0 Å². The second-order valence-corrected chi connectivity index (χ2v) is 6.92. The summed E-state index contributed by atoms with van der Waals surface area (Å²) in [7, 11) is 2.58. The first-order chi connectivity index (χ1) is 6.88. The van der Waals surface area contributed by atoms with E-state index in [0.29, 0.717) is 0 Å². The predicted molar refractivity (Wildman–Crippen MR) is 78.1 cm³/mol. The molecule has 1 rings (SSSR count). The van der Waals surface area contributed by atoms with Gasteiger partial charge in [-0.1, -0.05) is 6.92 Å². The molecule has 0 spiro atoms. The van der Waals surface area contributed by atoms with Crippen LogP contribution in [0.5, 0.6) is 0 Å². The minimum Gasteiger partial charge on any atom is -0.138 e. The Labute approximate surface area is 123 Å². The lowest BCUT2D eigenvalue weighted by atomic mass is 9.97. The Morgan fingerprint density at radius 3 is 0.800 bits per heavy atom. The van der Waals surface area contributed by atoms with Crippen molar-refractivity contribution in [3.63, 3.8) is 0 Å². The monoisotopic (exact) mass is 350 g/mol. The van der Waals surface area contributed by atoms with Crippen molar-refractivity contribution >= 4 is 78.8 Å². The molecule has 1 fully saturated rings. The summed E-state index contributed by atoms with van der Waals surface area (Å²) in [6.45, 7) is 2.09. The van der Waals surface area contributed by atoms with Crippen LogP contribution >= 0.6 is 78.8 Å². The Morgan fingerprint density at radius 2 is 0.733 bits per heavy atom. The summed E-state index contributed by atoms with van der Waals surface area (Å²) in [5, 5.41) is -2.62. The molecule has 1 aliphatic carbocycles. The lowest BCUT2D eigenvalue weighted by molar-refractivity contribution is 0.544. The maximum absolute atomic E-state index is 5.88. The van der Waals surface area contributed by atoms with Crippen LogP contribution in [0.1, 0.15) is 6.92 Å². The fraction of sp³-hybridized carbons (Fsp3) is 1.00. The first-order valence-corrected chi connectivity index (χ1v) is 7.86. The van der Waals surface area contributed by atoms with Crippen molar-refractivity contribution in [2.75, 3.05) is 6.16 Å². The molecule has 0 aromatic carbocycles. The van der Waals surface area contributed by atoms with Crippen LogP contribution in [0, 0.1) is 0 Å². The van der Waals surface area contributed by atoms with Gasteiger partial charge in [0.2, 0.25) is 0 Å². The summed E-state index contributed by atoms with van der Waals surface area (Å²) in [6, 6.07) is 0. The number of halogens is 6. The zero-order valence-corrected chi connectivity index (χ0v) is 13.7. The molecule has 1 saturated carbocycles. The molecular formula is C8H13Cl6P. The van der Waals surface area contributed by atoms with Crippen molar-refractivity contribution in [3.05, 3.63) is 0 Å². The van der Waals surface area contributed by atoms with Gasteiger partial charge in [0.1, 0.15) is 0 Å². The van der Waals surface area contributed by atoms with Gasteiger partial charge in [0, 0.05) is 0 Å². The molecule has 7 heteroatoms. The Bertz CT molecular complexity index is 122. The summed E-state index contributed by atoms with van der Waals surface area (Å²) < 4.78 is 0. The molecule has 0 heterocycles. The second kappa shape index (κ2) is 8.30. The van der Waals surface area contributed by atoms with E-state index in [4.69, 9.17) is 69.6 Å². The SMILES string of the molecule is CCP.Cl[C@H]1[C@H](Cl)[C@@H](Cl)[C@@H](Cl)[C@H](Cl)[C@H]1Cl. The first-order valence-electron chi connectivity index (χ1n) is 4.42. The number of alkyl halides is 6. The topological polar surface area (TPSA) is 0 Å². The third kappa shape index (κ3) is 4.74. The van der Waals surface area contributed by atoms with Gasteiger partial charge in [0.05, 0.1) is 32.3 Å². The molecule has 0 nitrogen and oxygen atoms in total. The Kier molecular flexibility index (Phi) is 9.50. The fourth-order valence-electron chi connectivity index (χ4n) is 1.05. The highest BCUT2D eigenvalue weighted by Gasteiger charge is 2.46. The van der Waals surface area contributed by atoms with Crippen LogP contribution in [0.2, 0.25) is 0 Å². The van der Waals surface area contributed by atoms with Crippen molar-refractivity contribution in [1.29, 1.82) is 0 Å². The number of hydrogen-bond donors (Lipinski definition) is 0. The van der Waals surface area contributed by atoms with E-state index >= 15 is 0 Å². The van der Waals surface area contributed by atoms with Gasteiger partial charge in [-0.25, -0.2) is 0 Å². The van der Waals surface area contributed by atoms with E-state index in [-0.39, 0.29) is 0 Å². The summed E-state index contributed by atoms with van der Waals surface area (Å²) in [5.41, 5.74) is 0. The maximum atomic E-state index is 5.88. The molecule has 0 radical (unpaired) electrons. The summed E-state index contributed by atoms with van der Waals surface area (Å²) in [6.07, 6.45) is 1.17. The van der Waals surface area contributed by atoms with Gasteiger partial charge in [-0.05, 0) is 6.16 Å². The zero-order valence-electron chi connectivity index (χ0n) is 8.02. The zero-order chi connectivity index (χ0) is 12.2. The van der Waals surface area contributed by atoms with Crippen LogP contribution in [0.3, 0.4) is 0 Å². The molecular weight excluding hydrogens is 340 g/mol. The normalized spacial score (nSPS) is 45.6. The molecule has 0 aliphatic heterocycles. The molecule has 1 aliphatic rings. The highest BCUT2D eigenvalue weighted by atomic mass is 35.5. The van der Waals surface area contributed by atoms with Gasteiger partial charge in [-0.3, -0.25) is 0 Å². The molecule has 15 heavy (non-hydrogen) atoms. The summed E-state index contributed by atoms with van der Waals surface area (Å²) in [5.74, 6) is 0. The molecule has 92 valence electrons. The average molecular weight is 353 g/mol. The first kappa shape index (κ1) is 17.2. The molecule has 0 amide bonds. The summed E-state index contributed by atoms with van der Waals surface area (Å²) in [4.78, 5) is 0.